The van der Waals surface area contributed by atoms with Gasteiger partial charge >= 0.3 is 5.97 Å². The van der Waals surface area contributed by atoms with Crippen molar-refractivity contribution < 1.29 is 9.90 Å². The third kappa shape index (κ3) is 3.68. The summed E-state index contributed by atoms with van der Waals surface area (Å²) in [5, 5.41) is 11.8. The minimum absolute atomic E-state index is 0.00121. The van der Waals surface area contributed by atoms with Crippen molar-refractivity contribution in [3.05, 3.63) is 114 Å². The maximum absolute atomic E-state index is 11.7. The largest absolute Gasteiger partial charge is 0.477 e. The van der Waals surface area contributed by atoms with Crippen molar-refractivity contribution in [2.45, 2.75) is 13.8 Å². The van der Waals surface area contributed by atoms with Gasteiger partial charge in [0, 0.05) is 33.1 Å². The van der Waals surface area contributed by atoms with Gasteiger partial charge in [-0.25, -0.2) is 14.8 Å². The van der Waals surface area contributed by atoms with Crippen LogP contribution in [-0.2, 0) is 0 Å². The predicted molar refractivity (Wildman–Crippen MR) is 156 cm³/mol. The number of benzene rings is 4. The first-order chi connectivity index (χ1) is 19.0. The smallest absolute Gasteiger partial charge is 0.354 e. The van der Waals surface area contributed by atoms with Crippen LogP contribution < -0.4 is 0 Å². The summed E-state index contributed by atoms with van der Waals surface area (Å²) in [6.45, 7) is 4.20. The topological polar surface area (TPSA) is 83.8 Å². The first kappa shape index (κ1) is 22.9. The molecule has 7 aromatic rings. The van der Waals surface area contributed by atoms with E-state index in [0.29, 0.717) is 5.69 Å². The highest BCUT2D eigenvalue weighted by Crippen LogP contribution is 2.38. The highest BCUT2D eigenvalue weighted by Gasteiger charge is 2.21. The molecule has 0 aliphatic rings. The van der Waals surface area contributed by atoms with E-state index in [9.17, 15) is 9.90 Å². The second kappa shape index (κ2) is 8.67. The number of aromatic nitrogens is 4. The fraction of sp³-hybridized carbons (Fsp3) is 0.0606. The van der Waals surface area contributed by atoms with Gasteiger partial charge in [-0.2, -0.15) is 0 Å². The third-order valence-electron chi connectivity index (χ3n) is 7.18. The van der Waals surface area contributed by atoms with E-state index in [-0.39, 0.29) is 5.69 Å². The lowest BCUT2D eigenvalue weighted by molar-refractivity contribution is 0.0690. The monoisotopic (exact) mass is 508 g/mol. The number of para-hydroxylation sites is 3. The number of aryl methyl sites for hydroxylation is 2. The molecule has 0 unspecified atom stereocenters. The van der Waals surface area contributed by atoms with E-state index in [0.717, 1.165) is 61.2 Å². The van der Waals surface area contributed by atoms with Crippen LogP contribution in [0.2, 0.25) is 0 Å². The Kier molecular flexibility index (Phi) is 5.10. The van der Waals surface area contributed by atoms with Crippen LogP contribution in [0, 0.1) is 13.8 Å². The maximum atomic E-state index is 11.7. The second-order valence-corrected chi connectivity index (χ2v) is 9.90. The van der Waals surface area contributed by atoms with Gasteiger partial charge in [-0.1, -0.05) is 54.6 Å². The lowest BCUT2D eigenvalue weighted by Gasteiger charge is -2.12. The molecule has 0 saturated carbocycles. The Morgan fingerprint density at radius 3 is 2.31 bits per heavy atom. The van der Waals surface area contributed by atoms with E-state index in [2.05, 4.69) is 89.0 Å². The van der Waals surface area contributed by atoms with E-state index < -0.39 is 5.97 Å². The molecule has 6 heteroatoms. The van der Waals surface area contributed by atoms with Crippen LogP contribution in [0.25, 0.3) is 61.2 Å². The van der Waals surface area contributed by atoms with E-state index in [1.807, 2.05) is 24.3 Å². The van der Waals surface area contributed by atoms with Crippen molar-refractivity contribution in [1.82, 2.24) is 19.5 Å². The van der Waals surface area contributed by atoms with Crippen molar-refractivity contribution >= 4 is 38.8 Å². The molecular weight excluding hydrogens is 484 g/mol. The van der Waals surface area contributed by atoms with Crippen LogP contribution in [0.15, 0.2) is 97.1 Å². The van der Waals surface area contributed by atoms with E-state index in [4.69, 9.17) is 4.98 Å². The molecule has 6 nitrogen and oxygen atoms in total. The summed E-state index contributed by atoms with van der Waals surface area (Å²) in [7, 11) is 0. The number of carbonyl (C=O) groups is 1. The first-order valence-electron chi connectivity index (χ1n) is 12.8. The summed E-state index contributed by atoms with van der Waals surface area (Å²) in [5.41, 5.74) is 9.45. The molecule has 0 spiro atoms. The average molecular weight is 509 g/mol. The van der Waals surface area contributed by atoms with Gasteiger partial charge in [0.15, 0.2) is 0 Å². The Morgan fingerprint density at radius 1 is 0.769 bits per heavy atom. The quantitative estimate of drug-likeness (QED) is 0.255. The minimum Gasteiger partial charge on any atom is -0.477 e. The number of rotatable bonds is 4. The Hall–Kier alpha value is -5.23. The molecular formula is C33H24N4O2. The van der Waals surface area contributed by atoms with Crippen molar-refractivity contribution in [2.24, 2.45) is 0 Å². The Labute approximate surface area is 224 Å². The summed E-state index contributed by atoms with van der Waals surface area (Å²) >= 11 is 0. The average Bonchev–Trinajstić information content (AvgIpc) is 3.51. The molecule has 188 valence electrons. The Bertz CT molecular complexity index is 2060. The molecule has 7 rings (SSSR count). The van der Waals surface area contributed by atoms with Gasteiger partial charge in [0.2, 0.25) is 0 Å². The summed E-state index contributed by atoms with van der Waals surface area (Å²) in [6.07, 6.45) is 0. The number of imidazole rings is 1. The number of hydrogen-bond acceptors (Lipinski definition) is 3. The van der Waals surface area contributed by atoms with Gasteiger partial charge in [0.05, 0.1) is 22.2 Å². The molecule has 4 aromatic carbocycles. The van der Waals surface area contributed by atoms with Gasteiger partial charge in [0.1, 0.15) is 11.5 Å². The Balaban J connectivity index is 1.58. The van der Waals surface area contributed by atoms with E-state index in [1.54, 1.807) is 6.07 Å². The minimum atomic E-state index is -1.06. The van der Waals surface area contributed by atoms with Crippen LogP contribution in [0.1, 0.15) is 21.6 Å². The number of hydrogen-bond donors (Lipinski definition) is 2. The fourth-order valence-electron chi connectivity index (χ4n) is 5.59. The second-order valence-electron chi connectivity index (χ2n) is 9.90. The fourth-order valence-corrected chi connectivity index (χ4v) is 5.59. The zero-order chi connectivity index (χ0) is 26.7. The number of aromatic amines is 1. The lowest BCUT2D eigenvalue weighted by Crippen LogP contribution is -2.00. The van der Waals surface area contributed by atoms with Crippen LogP contribution in [-0.4, -0.2) is 30.6 Å². The summed E-state index contributed by atoms with van der Waals surface area (Å²) in [5.74, 6) is -0.259. The number of carboxylic acid groups (broad SMARTS) is 1. The Morgan fingerprint density at radius 2 is 1.49 bits per heavy atom. The number of fused-ring (bicyclic) bond motifs is 4. The molecule has 0 radical (unpaired) electrons. The number of aromatic carboxylic acids is 1. The van der Waals surface area contributed by atoms with Gasteiger partial charge in [-0.05, 0) is 67.4 Å². The van der Waals surface area contributed by atoms with Crippen LogP contribution in [0.4, 0.5) is 0 Å². The van der Waals surface area contributed by atoms with Crippen LogP contribution >= 0.6 is 0 Å². The molecule has 3 heterocycles. The SMILES string of the molecule is Cc1cc(C)cc(-n2c(-c3cccc4c3[nH]c3ccccc34)nc3c(-c4cccc(C(=O)O)n4)cccc32)c1. The first-order valence-corrected chi connectivity index (χ1v) is 12.8. The van der Waals surface area contributed by atoms with Gasteiger partial charge in [-0.15, -0.1) is 0 Å². The maximum Gasteiger partial charge on any atom is 0.354 e. The molecule has 2 N–H and O–H groups in total. The number of pyridine rings is 1. The van der Waals surface area contributed by atoms with Crippen molar-refractivity contribution in [1.29, 1.82) is 0 Å². The number of nitrogens with zero attached hydrogens (tertiary/aromatic N) is 3. The van der Waals surface area contributed by atoms with E-state index >= 15 is 0 Å². The normalized spacial score (nSPS) is 11.5. The standard InChI is InChI=1S/C33H24N4O2/c1-19-16-20(2)18-21(17-19)37-29-15-6-10-24(27-13-7-14-28(34-27)33(38)39)31(29)36-32(37)25-11-5-9-23-22-8-3-4-12-26(22)35-30(23)25/h3-18,35H,1-2H3,(H,38,39). The molecule has 3 aromatic heterocycles. The summed E-state index contributed by atoms with van der Waals surface area (Å²) in [4.78, 5) is 25.0. The number of carboxylic acids is 1. The molecule has 0 fully saturated rings. The lowest BCUT2D eigenvalue weighted by atomic mass is 10.1. The molecule has 0 aliphatic heterocycles. The molecule has 0 aliphatic carbocycles. The van der Waals surface area contributed by atoms with Crippen LogP contribution in [0.3, 0.4) is 0 Å². The van der Waals surface area contributed by atoms with Crippen LogP contribution in [0.5, 0.6) is 0 Å². The predicted octanol–water partition coefficient (Wildman–Crippen LogP) is 7.70. The molecule has 0 atom stereocenters. The van der Waals surface area contributed by atoms with Gasteiger partial charge < -0.3 is 10.1 Å². The molecule has 0 saturated heterocycles. The number of H-pyrrole nitrogens is 1. The van der Waals surface area contributed by atoms with Crippen molar-refractivity contribution in [2.75, 3.05) is 0 Å². The molecule has 0 amide bonds. The van der Waals surface area contributed by atoms with Gasteiger partial charge in [0.25, 0.3) is 0 Å². The van der Waals surface area contributed by atoms with Gasteiger partial charge in [-0.3, -0.25) is 4.57 Å². The zero-order valence-corrected chi connectivity index (χ0v) is 21.4. The molecule has 39 heavy (non-hydrogen) atoms. The van der Waals surface area contributed by atoms with Crippen molar-refractivity contribution in [3.63, 3.8) is 0 Å². The van der Waals surface area contributed by atoms with E-state index in [1.165, 1.54) is 11.5 Å². The third-order valence-corrected chi connectivity index (χ3v) is 7.18. The van der Waals surface area contributed by atoms with Crippen molar-refractivity contribution in [3.8, 4) is 28.3 Å². The highest BCUT2D eigenvalue weighted by atomic mass is 16.4. The highest BCUT2D eigenvalue weighted by molar-refractivity contribution is 6.12. The number of nitrogens with one attached hydrogen (secondary N) is 1. The zero-order valence-electron chi connectivity index (χ0n) is 21.4. The molecule has 0 bridgehead atoms. The summed E-state index contributed by atoms with van der Waals surface area (Å²) < 4.78 is 2.19. The summed E-state index contributed by atoms with van der Waals surface area (Å²) in [6, 6.07) is 32.1.